The van der Waals surface area contributed by atoms with E-state index in [1.165, 1.54) is 12.1 Å². The third kappa shape index (κ3) is 8.11. The second-order valence-corrected chi connectivity index (χ2v) is 16.6. The van der Waals surface area contributed by atoms with Gasteiger partial charge < -0.3 is 19.0 Å². The van der Waals surface area contributed by atoms with E-state index in [2.05, 4.69) is 45.0 Å². The van der Waals surface area contributed by atoms with Crippen molar-refractivity contribution in [3.05, 3.63) is 96.1 Å². The van der Waals surface area contributed by atoms with E-state index in [9.17, 15) is 18.3 Å². The molecule has 3 aromatic carbocycles. The Kier molecular flexibility index (Phi) is 11.1. The van der Waals surface area contributed by atoms with Gasteiger partial charge in [0.15, 0.2) is 0 Å². The molecule has 228 valence electrons. The Morgan fingerprint density at radius 1 is 0.833 bits per heavy atom. The van der Waals surface area contributed by atoms with Gasteiger partial charge in [0.1, 0.15) is 6.10 Å². The first-order chi connectivity index (χ1) is 20.0. The van der Waals surface area contributed by atoms with Gasteiger partial charge in [0.05, 0.1) is 31.5 Å². The van der Waals surface area contributed by atoms with Crippen LogP contribution in [-0.2, 0) is 26.7 Å². The number of hydrogen-bond donors (Lipinski definition) is 1. The predicted octanol–water partition coefficient (Wildman–Crippen LogP) is 6.73. The Labute approximate surface area is 249 Å². The average Bonchev–Trinajstić information content (AvgIpc) is 2.98. The summed E-state index contributed by atoms with van der Waals surface area (Å²) >= 11 is 0. The van der Waals surface area contributed by atoms with Gasteiger partial charge in [-0.3, -0.25) is 0 Å². The smallest absolute Gasteiger partial charge is 0.405 e. The zero-order chi connectivity index (χ0) is 30.2. The third-order valence-corrected chi connectivity index (χ3v) is 13.2. The van der Waals surface area contributed by atoms with Crippen molar-refractivity contribution < 1.29 is 32.2 Å². The molecule has 1 N–H and O–H groups in total. The van der Waals surface area contributed by atoms with Crippen molar-refractivity contribution in [3.8, 4) is 0 Å². The molecule has 0 amide bonds. The molecule has 4 nitrogen and oxygen atoms in total. The van der Waals surface area contributed by atoms with Gasteiger partial charge in [-0.05, 0) is 58.3 Å². The fourth-order valence-electron chi connectivity index (χ4n) is 5.93. The quantitative estimate of drug-likeness (QED) is 0.234. The molecule has 0 saturated heterocycles. The van der Waals surface area contributed by atoms with Crippen LogP contribution in [0.2, 0.25) is 5.04 Å². The van der Waals surface area contributed by atoms with Crippen molar-refractivity contribution in [2.24, 2.45) is 5.92 Å². The van der Waals surface area contributed by atoms with E-state index in [0.717, 1.165) is 48.2 Å². The van der Waals surface area contributed by atoms with Crippen molar-refractivity contribution in [2.45, 2.75) is 76.5 Å². The lowest BCUT2D eigenvalue weighted by molar-refractivity contribution is -0.137. The number of benzene rings is 3. The molecule has 1 aliphatic carbocycles. The van der Waals surface area contributed by atoms with Gasteiger partial charge in [-0.15, -0.1) is 0 Å². The summed E-state index contributed by atoms with van der Waals surface area (Å²) in [5.41, 5.74) is -0.0339. The monoisotopic (exact) mass is 600 g/mol. The molecular formula is C34H43F3O4Si. The highest BCUT2D eigenvalue weighted by Crippen LogP contribution is 2.37. The largest absolute Gasteiger partial charge is 0.416 e. The summed E-state index contributed by atoms with van der Waals surface area (Å²) in [4.78, 5) is 0. The molecule has 0 spiro atoms. The van der Waals surface area contributed by atoms with Crippen LogP contribution < -0.4 is 10.4 Å². The molecule has 3 atom stereocenters. The lowest BCUT2D eigenvalue weighted by atomic mass is 9.88. The van der Waals surface area contributed by atoms with Crippen molar-refractivity contribution in [1.82, 2.24) is 0 Å². The van der Waals surface area contributed by atoms with E-state index in [1.807, 2.05) is 36.4 Å². The maximum Gasteiger partial charge on any atom is 0.416 e. The summed E-state index contributed by atoms with van der Waals surface area (Å²) in [5.74, 6) is 0.239. The molecule has 3 unspecified atom stereocenters. The molecule has 42 heavy (non-hydrogen) atoms. The fraction of sp³-hybridized carbons (Fsp3) is 0.471. The van der Waals surface area contributed by atoms with Gasteiger partial charge in [0.25, 0.3) is 8.32 Å². The molecule has 0 heterocycles. The first-order valence-corrected chi connectivity index (χ1v) is 16.7. The topological polar surface area (TPSA) is 47.9 Å². The van der Waals surface area contributed by atoms with Crippen LogP contribution in [0.15, 0.2) is 84.9 Å². The number of hydrogen-bond acceptors (Lipinski definition) is 4. The molecular weight excluding hydrogens is 557 g/mol. The Balaban J connectivity index is 1.57. The highest BCUT2D eigenvalue weighted by atomic mass is 28.4. The zero-order valence-electron chi connectivity index (χ0n) is 24.8. The average molecular weight is 601 g/mol. The summed E-state index contributed by atoms with van der Waals surface area (Å²) in [6.45, 7) is 7.50. The number of halogens is 3. The Hall–Kier alpha value is -2.49. The van der Waals surface area contributed by atoms with E-state index < -0.39 is 26.2 Å². The molecule has 0 radical (unpaired) electrons. The van der Waals surface area contributed by atoms with Crippen LogP contribution in [0.3, 0.4) is 0 Å². The van der Waals surface area contributed by atoms with Gasteiger partial charge in [-0.1, -0.05) is 100.0 Å². The van der Waals surface area contributed by atoms with Gasteiger partial charge in [-0.2, -0.15) is 13.2 Å². The molecule has 1 saturated carbocycles. The Morgan fingerprint density at radius 2 is 1.43 bits per heavy atom. The summed E-state index contributed by atoms with van der Waals surface area (Å²) in [5, 5.41) is 11.8. The summed E-state index contributed by atoms with van der Waals surface area (Å²) in [7, 11) is -2.83. The number of rotatable bonds is 12. The highest BCUT2D eigenvalue weighted by Gasteiger charge is 2.50. The lowest BCUT2D eigenvalue weighted by Gasteiger charge is -2.43. The first-order valence-electron chi connectivity index (χ1n) is 14.8. The van der Waals surface area contributed by atoms with Crippen LogP contribution in [0.5, 0.6) is 0 Å². The van der Waals surface area contributed by atoms with Crippen molar-refractivity contribution in [2.75, 3.05) is 19.8 Å². The summed E-state index contributed by atoms with van der Waals surface area (Å²) in [6.07, 6.45) is -1.06. The maximum absolute atomic E-state index is 13.1. The molecule has 8 heteroatoms. The fourth-order valence-corrected chi connectivity index (χ4v) is 10.5. The number of aliphatic hydroxyl groups is 1. The lowest BCUT2D eigenvalue weighted by Crippen LogP contribution is -2.67. The normalized spacial score (nSPS) is 19.0. The molecule has 1 aliphatic rings. The molecule has 0 bridgehead atoms. The van der Waals surface area contributed by atoms with Gasteiger partial charge in [0, 0.05) is 6.61 Å². The SMILES string of the molecule is CC(C)(C)[Si](OCC(COC1CCCC(CO)C1)OCc1ccc(C(F)(F)F)cc1)(c1ccccc1)c1ccccc1. The van der Waals surface area contributed by atoms with E-state index >= 15 is 0 Å². The summed E-state index contributed by atoms with van der Waals surface area (Å²) < 4.78 is 59.0. The van der Waals surface area contributed by atoms with Crippen LogP contribution in [0.4, 0.5) is 13.2 Å². The van der Waals surface area contributed by atoms with E-state index in [1.54, 1.807) is 0 Å². The Morgan fingerprint density at radius 3 is 1.95 bits per heavy atom. The molecule has 4 rings (SSSR count). The minimum Gasteiger partial charge on any atom is -0.405 e. The van der Waals surface area contributed by atoms with Crippen molar-refractivity contribution >= 4 is 18.7 Å². The zero-order valence-corrected chi connectivity index (χ0v) is 25.8. The number of ether oxygens (including phenoxy) is 2. The Bertz CT molecular complexity index is 1170. The standard InChI is InChI=1S/C34H43F3O4Si/c1-33(2,3)42(31-13-6-4-7-14-31,32-15-8-5-9-16-32)41-25-30(24-40-29-12-10-11-27(21-29)22-38)39-23-26-17-19-28(20-18-26)34(35,36)37/h4-9,13-20,27,29-30,38H,10-12,21-25H2,1-3H3. The van der Waals surface area contributed by atoms with Crippen molar-refractivity contribution in [1.29, 1.82) is 0 Å². The summed E-state index contributed by atoms with van der Waals surface area (Å²) in [6, 6.07) is 25.8. The second kappa shape index (κ2) is 14.3. The van der Waals surface area contributed by atoms with Crippen molar-refractivity contribution in [3.63, 3.8) is 0 Å². The van der Waals surface area contributed by atoms with Crippen LogP contribution in [0, 0.1) is 5.92 Å². The minimum absolute atomic E-state index is 0.0286. The maximum atomic E-state index is 13.1. The predicted molar refractivity (Wildman–Crippen MR) is 162 cm³/mol. The number of aliphatic hydroxyl groups excluding tert-OH is 1. The van der Waals surface area contributed by atoms with Gasteiger partial charge in [0.2, 0.25) is 0 Å². The van der Waals surface area contributed by atoms with E-state index in [0.29, 0.717) is 12.2 Å². The molecule has 1 fully saturated rings. The minimum atomic E-state index is -4.38. The highest BCUT2D eigenvalue weighted by molar-refractivity contribution is 6.99. The van der Waals surface area contributed by atoms with Gasteiger partial charge >= 0.3 is 6.18 Å². The van der Waals surface area contributed by atoms with Crippen LogP contribution in [-0.4, -0.2) is 45.5 Å². The molecule has 0 aliphatic heterocycles. The molecule has 3 aromatic rings. The van der Waals surface area contributed by atoms with E-state index in [-0.39, 0.29) is 36.9 Å². The van der Waals surface area contributed by atoms with E-state index in [4.69, 9.17) is 13.9 Å². The van der Waals surface area contributed by atoms with Gasteiger partial charge in [-0.25, -0.2) is 0 Å². The van der Waals surface area contributed by atoms with Crippen LogP contribution >= 0.6 is 0 Å². The number of alkyl halides is 3. The first kappa shape index (κ1) is 32.4. The third-order valence-electron chi connectivity index (χ3n) is 8.18. The second-order valence-electron chi connectivity index (χ2n) is 12.3. The van der Waals surface area contributed by atoms with Crippen LogP contribution in [0.1, 0.15) is 57.6 Å². The van der Waals surface area contributed by atoms with Crippen LogP contribution in [0.25, 0.3) is 0 Å². The molecule has 0 aromatic heterocycles.